The number of carboxylic acid groups (broad SMARTS) is 1. The molecule has 1 heterocycles. The maximum atomic E-state index is 12.3. The van der Waals surface area contributed by atoms with Gasteiger partial charge in [0, 0.05) is 25.4 Å². The molecule has 1 amide bonds. The molecular formula is C18H28N3O4P. The summed E-state index contributed by atoms with van der Waals surface area (Å²) in [5, 5.41) is 14.1. The van der Waals surface area contributed by atoms with Crippen molar-refractivity contribution in [3.8, 4) is 0 Å². The van der Waals surface area contributed by atoms with Crippen LogP contribution in [0, 0.1) is 0 Å². The number of hydrogen-bond donors (Lipinski definition) is 3. The number of amides is 1. The number of rotatable bonds is 8. The van der Waals surface area contributed by atoms with Gasteiger partial charge in [0.05, 0.1) is 13.2 Å². The summed E-state index contributed by atoms with van der Waals surface area (Å²) in [7, 11) is -2.05. The summed E-state index contributed by atoms with van der Waals surface area (Å²) in [6.07, 6.45) is 2.20. The minimum Gasteiger partial charge on any atom is -0.480 e. The van der Waals surface area contributed by atoms with E-state index in [9.17, 15) is 19.3 Å². The van der Waals surface area contributed by atoms with E-state index in [1.807, 2.05) is 30.3 Å². The normalized spacial score (nSPS) is 19.5. The molecule has 0 aliphatic carbocycles. The average molecular weight is 381 g/mol. The number of hydrogen-bond acceptors (Lipinski definition) is 5. The first kappa shape index (κ1) is 20.6. The van der Waals surface area contributed by atoms with Gasteiger partial charge in [0.15, 0.2) is 0 Å². The van der Waals surface area contributed by atoms with Crippen molar-refractivity contribution in [2.24, 2.45) is 0 Å². The van der Waals surface area contributed by atoms with Gasteiger partial charge in [0.25, 0.3) is 5.91 Å². The topological polar surface area (TPSA) is 98.7 Å². The van der Waals surface area contributed by atoms with E-state index in [4.69, 9.17) is 0 Å². The second kappa shape index (κ2) is 9.31. The van der Waals surface area contributed by atoms with Crippen molar-refractivity contribution in [2.45, 2.75) is 31.8 Å². The average Bonchev–Trinajstić information content (AvgIpc) is 2.60. The second-order valence-electron chi connectivity index (χ2n) is 7.01. The Labute approximate surface area is 154 Å². The van der Waals surface area contributed by atoms with Gasteiger partial charge in [-0.3, -0.25) is 20.3 Å². The molecule has 2 rings (SSSR count). The summed E-state index contributed by atoms with van der Waals surface area (Å²) in [6.45, 7) is 4.56. The van der Waals surface area contributed by atoms with E-state index >= 15 is 0 Å². The molecule has 0 saturated carbocycles. The first-order valence-corrected chi connectivity index (χ1v) is 11.4. The lowest BCUT2D eigenvalue weighted by Gasteiger charge is -2.31. The fraction of sp³-hybridized carbons (Fsp3) is 0.556. The maximum absolute atomic E-state index is 12.3. The lowest BCUT2D eigenvalue weighted by molar-refractivity contribution is -0.140. The zero-order valence-corrected chi connectivity index (χ0v) is 16.2. The van der Waals surface area contributed by atoms with E-state index in [1.54, 1.807) is 18.6 Å². The molecule has 0 unspecified atom stereocenters. The fourth-order valence-electron chi connectivity index (χ4n) is 2.86. The van der Waals surface area contributed by atoms with Crippen LogP contribution in [0.3, 0.4) is 0 Å². The predicted molar refractivity (Wildman–Crippen MR) is 102 cm³/mol. The first-order valence-electron chi connectivity index (χ1n) is 8.90. The number of carboxylic acids is 1. The SMILES string of the molecule is C[C@H](N[C@@H](CCc1ccccc1)C(=O)O)C(=O)NN1CCP(C)(=O)CC1. The molecule has 1 saturated heterocycles. The minimum atomic E-state index is -2.05. The Morgan fingerprint density at radius 3 is 2.42 bits per heavy atom. The third-order valence-electron chi connectivity index (χ3n) is 4.66. The maximum Gasteiger partial charge on any atom is 0.320 e. The summed E-state index contributed by atoms with van der Waals surface area (Å²) in [4.78, 5) is 23.8. The Balaban J connectivity index is 1.82. The number of carbonyl (C=O) groups excluding carboxylic acids is 1. The quantitative estimate of drug-likeness (QED) is 0.589. The number of benzene rings is 1. The van der Waals surface area contributed by atoms with Crippen LogP contribution in [0.2, 0.25) is 0 Å². The molecule has 144 valence electrons. The first-order chi connectivity index (χ1) is 12.3. The molecule has 1 fully saturated rings. The number of carbonyl (C=O) groups is 2. The highest BCUT2D eigenvalue weighted by atomic mass is 31.2. The lowest BCUT2D eigenvalue weighted by atomic mass is 10.0. The van der Waals surface area contributed by atoms with E-state index < -0.39 is 25.2 Å². The molecule has 2 atom stereocenters. The lowest BCUT2D eigenvalue weighted by Crippen LogP contribution is -2.55. The number of aliphatic carboxylic acids is 1. The number of hydrazine groups is 1. The molecule has 1 aliphatic heterocycles. The van der Waals surface area contributed by atoms with E-state index in [0.717, 1.165) is 5.56 Å². The molecule has 0 aromatic heterocycles. The third kappa shape index (κ3) is 6.56. The van der Waals surface area contributed by atoms with Gasteiger partial charge in [0.1, 0.15) is 6.04 Å². The van der Waals surface area contributed by atoms with Gasteiger partial charge >= 0.3 is 5.97 Å². The Kier molecular flexibility index (Phi) is 7.38. The summed E-state index contributed by atoms with van der Waals surface area (Å²) >= 11 is 0. The summed E-state index contributed by atoms with van der Waals surface area (Å²) < 4.78 is 12.0. The van der Waals surface area contributed by atoms with Crippen LogP contribution in [-0.2, 0) is 20.6 Å². The van der Waals surface area contributed by atoms with Gasteiger partial charge in [0.2, 0.25) is 0 Å². The number of nitrogens with zero attached hydrogens (tertiary/aromatic N) is 1. The molecule has 1 aliphatic rings. The van der Waals surface area contributed by atoms with Crippen LogP contribution in [-0.4, -0.2) is 66.2 Å². The molecule has 26 heavy (non-hydrogen) atoms. The third-order valence-corrected chi connectivity index (χ3v) is 6.95. The van der Waals surface area contributed by atoms with Crippen molar-refractivity contribution in [3.63, 3.8) is 0 Å². The fourth-order valence-corrected chi connectivity index (χ4v) is 4.42. The van der Waals surface area contributed by atoms with Gasteiger partial charge in [-0.15, -0.1) is 0 Å². The Morgan fingerprint density at radius 1 is 1.23 bits per heavy atom. The van der Waals surface area contributed by atoms with E-state index in [2.05, 4.69) is 10.7 Å². The van der Waals surface area contributed by atoms with Crippen LogP contribution in [0.5, 0.6) is 0 Å². The molecule has 0 spiro atoms. The molecular weight excluding hydrogens is 353 g/mol. The van der Waals surface area contributed by atoms with E-state index in [-0.39, 0.29) is 5.91 Å². The zero-order chi connectivity index (χ0) is 19.2. The molecule has 0 bridgehead atoms. The Bertz CT molecular complexity index is 656. The van der Waals surface area contributed by atoms with Crippen LogP contribution < -0.4 is 10.7 Å². The molecule has 3 N–H and O–H groups in total. The van der Waals surface area contributed by atoms with Crippen molar-refractivity contribution in [1.82, 2.24) is 15.8 Å². The smallest absolute Gasteiger partial charge is 0.320 e. The van der Waals surface area contributed by atoms with Crippen LogP contribution in [0.15, 0.2) is 30.3 Å². The highest BCUT2D eigenvalue weighted by molar-refractivity contribution is 7.63. The van der Waals surface area contributed by atoms with Crippen molar-refractivity contribution < 1.29 is 19.3 Å². The number of nitrogens with one attached hydrogen (secondary N) is 2. The van der Waals surface area contributed by atoms with Gasteiger partial charge in [-0.05, 0) is 32.0 Å². The summed E-state index contributed by atoms with van der Waals surface area (Å²) in [6, 6.07) is 8.23. The van der Waals surface area contributed by atoms with Crippen molar-refractivity contribution in [1.29, 1.82) is 0 Å². The number of aryl methyl sites for hydroxylation is 1. The summed E-state index contributed by atoms with van der Waals surface area (Å²) in [5.74, 6) is -1.24. The van der Waals surface area contributed by atoms with Gasteiger partial charge < -0.3 is 9.67 Å². The van der Waals surface area contributed by atoms with Crippen molar-refractivity contribution in [3.05, 3.63) is 35.9 Å². The van der Waals surface area contributed by atoms with Gasteiger partial charge in [-0.25, -0.2) is 5.01 Å². The monoisotopic (exact) mass is 381 g/mol. The summed E-state index contributed by atoms with van der Waals surface area (Å²) in [5.41, 5.74) is 3.86. The van der Waals surface area contributed by atoms with Crippen molar-refractivity contribution in [2.75, 3.05) is 32.1 Å². The zero-order valence-electron chi connectivity index (χ0n) is 15.4. The van der Waals surface area contributed by atoms with Gasteiger partial charge in [-0.2, -0.15) is 0 Å². The minimum absolute atomic E-state index is 0.274. The second-order valence-corrected chi connectivity index (χ2v) is 10.5. The van der Waals surface area contributed by atoms with Crippen LogP contribution >= 0.6 is 7.14 Å². The Morgan fingerprint density at radius 2 is 1.85 bits per heavy atom. The van der Waals surface area contributed by atoms with E-state index in [1.165, 1.54) is 0 Å². The predicted octanol–water partition coefficient (Wildman–Crippen LogP) is 1.39. The highest BCUT2D eigenvalue weighted by Crippen LogP contribution is 2.42. The van der Waals surface area contributed by atoms with Crippen molar-refractivity contribution >= 4 is 19.0 Å². The van der Waals surface area contributed by atoms with E-state index in [0.29, 0.717) is 38.3 Å². The molecule has 0 radical (unpaired) electrons. The highest BCUT2D eigenvalue weighted by Gasteiger charge is 2.27. The van der Waals surface area contributed by atoms with Gasteiger partial charge in [-0.1, -0.05) is 30.3 Å². The largest absolute Gasteiger partial charge is 0.480 e. The molecule has 1 aromatic rings. The Hall–Kier alpha value is -1.69. The van der Waals surface area contributed by atoms with Crippen LogP contribution in [0.1, 0.15) is 18.9 Å². The van der Waals surface area contributed by atoms with Crippen LogP contribution in [0.4, 0.5) is 0 Å². The molecule has 7 nitrogen and oxygen atoms in total. The molecule has 1 aromatic carbocycles. The standard InChI is InChI=1S/C18H28N3O4P/c1-14(17(22)20-21-10-12-26(2,25)13-11-21)19-16(18(23)24)9-8-15-6-4-3-5-7-15/h3-7,14,16,19H,8-13H2,1-2H3,(H,20,22)(H,23,24)/t14-,16-/m0/s1. The molecule has 8 heteroatoms. The van der Waals surface area contributed by atoms with Crippen LogP contribution in [0.25, 0.3) is 0 Å².